The van der Waals surface area contributed by atoms with Gasteiger partial charge in [-0.3, -0.25) is 16.0 Å². The lowest BCUT2D eigenvalue weighted by Gasteiger charge is -2.14. The maximum Gasteiger partial charge on any atom is 0.123 e. The van der Waals surface area contributed by atoms with Gasteiger partial charge in [-0.15, -0.1) is 0 Å². The predicted octanol–water partition coefficient (Wildman–Crippen LogP) is 2.07. The Hall–Kier alpha value is -1.24. The third-order valence-electron chi connectivity index (χ3n) is 2.72. The van der Waals surface area contributed by atoms with Crippen molar-refractivity contribution < 1.29 is 4.39 Å². The second kappa shape index (κ2) is 5.60. The molecular weight excluding hydrogens is 299 g/mol. The Labute approximate surface area is 113 Å². The van der Waals surface area contributed by atoms with E-state index in [1.165, 1.54) is 12.1 Å². The van der Waals surface area contributed by atoms with Gasteiger partial charge in [0.2, 0.25) is 0 Å². The second-order valence-corrected chi connectivity index (χ2v) is 4.93. The van der Waals surface area contributed by atoms with E-state index in [0.29, 0.717) is 6.42 Å². The minimum absolute atomic E-state index is 0.149. The first kappa shape index (κ1) is 13.2. The molecule has 1 aromatic heterocycles. The number of aryl methyl sites for hydroxylation is 1. The summed E-state index contributed by atoms with van der Waals surface area (Å²) < 4.78 is 15.8. The molecule has 4 nitrogen and oxygen atoms in total. The first-order chi connectivity index (χ1) is 8.60. The summed E-state index contributed by atoms with van der Waals surface area (Å²) in [7, 11) is 1.84. The topological polar surface area (TPSA) is 55.9 Å². The number of hydrazine groups is 1. The van der Waals surface area contributed by atoms with Crippen molar-refractivity contribution in [1.29, 1.82) is 0 Å². The van der Waals surface area contributed by atoms with Gasteiger partial charge >= 0.3 is 0 Å². The number of halogens is 2. The third-order valence-corrected chi connectivity index (χ3v) is 3.50. The van der Waals surface area contributed by atoms with Crippen LogP contribution in [0.3, 0.4) is 0 Å². The van der Waals surface area contributed by atoms with Crippen molar-refractivity contribution in [3.8, 4) is 0 Å². The van der Waals surface area contributed by atoms with Crippen molar-refractivity contribution in [2.45, 2.75) is 12.5 Å². The van der Waals surface area contributed by atoms with Crippen LogP contribution in [0.2, 0.25) is 0 Å². The molecule has 2 aromatic rings. The summed E-state index contributed by atoms with van der Waals surface area (Å²) in [5, 5.41) is 4.30. The number of nitrogens with zero attached hydrogens (tertiary/aromatic N) is 2. The number of hydrogen-bond acceptors (Lipinski definition) is 3. The van der Waals surface area contributed by atoms with Gasteiger partial charge in [0.05, 0.1) is 11.7 Å². The lowest BCUT2D eigenvalue weighted by molar-refractivity contribution is 0.526. The molecule has 6 heteroatoms. The standard InChI is InChI=1S/C12H14BrFN4/c1-18-5-4-11(17-18)12(16-15)7-8-6-9(14)2-3-10(8)13/h2-6,12,16H,7,15H2,1H3. The van der Waals surface area contributed by atoms with Crippen molar-refractivity contribution in [3.05, 3.63) is 52.0 Å². The molecule has 0 amide bonds. The van der Waals surface area contributed by atoms with Crippen LogP contribution in [0.4, 0.5) is 4.39 Å². The molecule has 0 aliphatic rings. The lowest BCUT2D eigenvalue weighted by Crippen LogP contribution is -2.30. The van der Waals surface area contributed by atoms with Crippen molar-refractivity contribution in [2.24, 2.45) is 12.9 Å². The van der Waals surface area contributed by atoms with E-state index in [0.717, 1.165) is 15.7 Å². The first-order valence-electron chi connectivity index (χ1n) is 5.49. The van der Waals surface area contributed by atoms with E-state index in [4.69, 9.17) is 5.84 Å². The molecule has 0 spiro atoms. The molecule has 3 N–H and O–H groups in total. The van der Waals surface area contributed by atoms with Gasteiger partial charge in [0.1, 0.15) is 5.82 Å². The molecule has 96 valence electrons. The second-order valence-electron chi connectivity index (χ2n) is 4.07. The Balaban J connectivity index is 2.22. The van der Waals surface area contributed by atoms with Gasteiger partial charge in [-0.25, -0.2) is 4.39 Å². The highest BCUT2D eigenvalue weighted by Gasteiger charge is 2.15. The van der Waals surface area contributed by atoms with E-state index >= 15 is 0 Å². The monoisotopic (exact) mass is 312 g/mol. The molecule has 0 radical (unpaired) electrons. The zero-order valence-electron chi connectivity index (χ0n) is 9.90. The fraction of sp³-hybridized carbons (Fsp3) is 0.250. The van der Waals surface area contributed by atoms with Crippen LogP contribution >= 0.6 is 15.9 Å². The highest BCUT2D eigenvalue weighted by atomic mass is 79.9. The Kier molecular flexibility index (Phi) is 4.11. The van der Waals surface area contributed by atoms with Crippen LogP contribution in [0.1, 0.15) is 17.3 Å². The Morgan fingerprint density at radius 3 is 2.89 bits per heavy atom. The molecule has 1 unspecified atom stereocenters. The van der Waals surface area contributed by atoms with Crippen molar-refractivity contribution in [3.63, 3.8) is 0 Å². The average molecular weight is 313 g/mol. The lowest BCUT2D eigenvalue weighted by atomic mass is 10.0. The number of rotatable bonds is 4. The summed E-state index contributed by atoms with van der Waals surface area (Å²) in [6.07, 6.45) is 2.41. The van der Waals surface area contributed by atoms with Crippen LogP contribution in [0, 0.1) is 5.82 Å². The fourth-order valence-electron chi connectivity index (χ4n) is 1.79. The maximum absolute atomic E-state index is 13.2. The number of hydrogen-bond donors (Lipinski definition) is 2. The SMILES string of the molecule is Cn1ccc(C(Cc2cc(F)ccc2Br)NN)n1. The van der Waals surface area contributed by atoms with Crippen molar-refractivity contribution in [2.75, 3.05) is 0 Å². The molecule has 2 rings (SSSR count). The number of benzene rings is 1. The van der Waals surface area contributed by atoms with Crippen LogP contribution in [0.15, 0.2) is 34.9 Å². The van der Waals surface area contributed by atoms with Gasteiger partial charge < -0.3 is 0 Å². The van der Waals surface area contributed by atoms with Crippen LogP contribution in [-0.2, 0) is 13.5 Å². The number of nitrogens with one attached hydrogen (secondary N) is 1. The van der Waals surface area contributed by atoms with Crippen molar-refractivity contribution in [1.82, 2.24) is 15.2 Å². The molecule has 0 saturated carbocycles. The van der Waals surface area contributed by atoms with Crippen molar-refractivity contribution >= 4 is 15.9 Å². The molecule has 1 aromatic carbocycles. The highest BCUT2D eigenvalue weighted by Crippen LogP contribution is 2.23. The smallest absolute Gasteiger partial charge is 0.123 e. The van der Waals surface area contributed by atoms with Gasteiger partial charge in [-0.05, 0) is 36.2 Å². The fourth-order valence-corrected chi connectivity index (χ4v) is 2.20. The van der Waals surface area contributed by atoms with E-state index in [2.05, 4.69) is 26.5 Å². The zero-order chi connectivity index (χ0) is 13.1. The zero-order valence-corrected chi connectivity index (χ0v) is 11.5. The van der Waals surface area contributed by atoms with Gasteiger partial charge in [0.15, 0.2) is 0 Å². The summed E-state index contributed by atoms with van der Waals surface area (Å²) in [6.45, 7) is 0. The van der Waals surface area contributed by atoms with Crippen LogP contribution < -0.4 is 11.3 Å². The van der Waals surface area contributed by atoms with Gasteiger partial charge in [-0.1, -0.05) is 15.9 Å². The largest absolute Gasteiger partial charge is 0.275 e. The Bertz CT molecular complexity index is 541. The van der Waals surface area contributed by atoms with E-state index in [1.807, 2.05) is 19.3 Å². The van der Waals surface area contributed by atoms with Gasteiger partial charge in [-0.2, -0.15) is 5.10 Å². The average Bonchev–Trinajstić information content (AvgIpc) is 2.77. The summed E-state index contributed by atoms with van der Waals surface area (Å²) in [5.41, 5.74) is 4.39. The summed E-state index contributed by atoms with van der Waals surface area (Å²) >= 11 is 3.41. The molecule has 18 heavy (non-hydrogen) atoms. The molecular formula is C12H14BrFN4. The van der Waals surface area contributed by atoms with E-state index in [9.17, 15) is 4.39 Å². The molecule has 1 atom stereocenters. The van der Waals surface area contributed by atoms with E-state index < -0.39 is 0 Å². The molecule has 1 heterocycles. The Morgan fingerprint density at radius 2 is 2.28 bits per heavy atom. The highest BCUT2D eigenvalue weighted by molar-refractivity contribution is 9.10. The molecule has 0 saturated heterocycles. The van der Waals surface area contributed by atoms with Crippen LogP contribution in [0.5, 0.6) is 0 Å². The normalized spacial score (nSPS) is 12.7. The minimum atomic E-state index is -0.259. The minimum Gasteiger partial charge on any atom is -0.275 e. The Morgan fingerprint density at radius 1 is 1.50 bits per heavy atom. The van der Waals surface area contributed by atoms with Crippen LogP contribution in [-0.4, -0.2) is 9.78 Å². The molecule has 0 aliphatic heterocycles. The van der Waals surface area contributed by atoms with Crippen LogP contribution in [0.25, 0.3) is 0 Å². The molecule has 0 bridgehead atoms. The molecule has 0 aliphatic carbocycles. The van der Waals surface area contributed by atoms with Gasteiger partial charge in [0.25, 0.3) is 0 Å². The van der Waals surface area contributed by atoms with Gasteiger partial charge in [0, 0.05) is 17.7 Å². The predicted molar refractivity (Wildman–Crippen MR) is 71.1 cm³/mol. The third kappa shape index (κ3) is 2.95. The summed E-state index contributed by atoms with van der Waals surface area (Å²) in [5.74, 6) is 5.28. The quantitative estimate of drug-likeness (QED) is 0.671. The molecule has 0 fully saturated rings. The summed E-state index contributed by atoms with van der Waals surface area (Å²) in [4.78, 5) is 0. The first-order valence-corrected chi connectivity index (χ1v) is 6.29. The summed E-state index contributed by atoms with van der Waals surface area (Å²) in [6, 6.07) is 6.34. The number of aromatic nitrogens is 2. The maximum atomic E-state index is 13.2. The van der Waals surface area contributed by atoms with E-state index in [1.54, 1.807) is 10.7 Å². The van der Waals surface area contributed by atoms with E-state index in [-0.39, 0.29) is 11.9 Å². The number of nitrogens with two attached hydrogens (primary N) is 1.